The number of anilines is 2. The first-order valence-electron chi connectivity index (χ1n) is 8.67. The van der Waals surface area contributed by atoms with E-state index in [-0.39, 0.29) is 16.3 Å². The molecule has 0 radical (unpaired) electrons. The van der Waals surface area contributed by atoms with Gasteiger partial charge in [-0.15, -0.1) is 0 Å². The van der Waals surface area contributed by atoms with Crippen LogP contribution < -0.4 is 10.1 Å². The van der Waals surface area contributed by atoms with Gasteiger partial charge in [0.2, 0.25) is 0 Å². The van der Waals surface area contributed by atoms with Gasteiger partial charge in [0.1, 0.15) is 5.69 Å². The fraction of sp³-hybridized carbons (Fsp3) is 0.0500. The van der Waals surface area contributed by atoms with Gasteiger partial charge in [-0.05, 0) is 42.8 Å². The van der Waals surface area contributed by atoms with Crippen LogP contribution >= 0.6 is 11.6 Å². The Kier molecular flexibility index (Phi) is 6.34. The van der Waals surface area contributed by atoms with Gasteiger partial charge in [-0.25, -0.2) is 8.42 Å². The molecule has 0 atom stereocenters. The van der Waals surface area contributed by atoms with Crippen molar-refractivity contribution in [3.63, 3.8) is 0 Å². The molecule has 3 aromatic carbocycles. The molecular formula is C20H17ClN4O4S. The van der Waals surface area contributed by atoms with Gasteiger partial charge in [0.05, 0.1) is 21.7 Å². The number of nitro benzene ring substituents is 1. The highest BCUT2D eigenvalue weighted by molar-refractivity contribution is 7.92. The average Bonchev–Trinajstić information content (AvgIpc) is 2.67. The lowest BCUT2D eigenvalue weighted by Gasteiger charge is -2.09. The number of sulfonamides is 1. The summed E-state index contributed by atoms with van der Waals surface area (Å²) < 4.78 is 27.6. The quantitative estimate of drug-likeness (QED) is 0.308. The summed E-state index contributed by atoms with van der Waals surface area (Å²) in [4.78, 5) is 10.5. The van der Waals surface area contributed by atoms with E-state index in [4.69, 9.17) is 11.6 Å². The number of aryl methyl sites for hydroxylation is 1. The molecule has 8 nitrogen and oxygen atoms in total. The largest absolute Gasteiger partial charge is 0.295 e. The third-order valence-electron chi connectivity index (χ3n) is 3.99. The molecule has 3 rings (SSSR count). The van der Waals surface area contributed by atoms with Gasteiger partial charge in [0, 0.05) is 11.1 Å². The second-order valence-electron chi connectivity index (χ2n) is 6.34. The molecule has 0 unspecified atom stereocenters. The van der Waals surface area contributed by atoms with Gasteiger partial charge in [0.15, 0.2) is 0 Å². The summed E-state index contributed by atoms with van der Waals surface area (Å²) in [5.41, 5.74) is 4.34. The second-order valence-corrected chi connectivity index (χ2v) is 8.45. The van der Waals surface area contributed by atoms with Crippen LogP contribution in [0.4, 0.5) is 17.1 Å². The van der Waals surface area contributed by atoms with Crippen molar-refractivity contribution in [2.75, 3.05) is 10.1 Å². The first-order valence-corrected chi connectivity index (χ1v) is 10.5. The van der Waals surface area contributed by atoms with Gasteiger partial charge in [-0.1, -0.05) is 47.5 Å². The normalized spacial score (nSPS) is 11.4. The van der Waals surface area contributed by atoms with Gasteiger partial charge in [-0.3, -0.25) is 20.3 Å². The Labute approximate surface area is 178 Å². The van der Waals surface area contributed by atoms with E-state index in [0.717, 1.165) is 17.2 Å². The van der Waals surface area contributed by atoms with Crippen LogP contribution in [0.2, 0.25) is 5.02 Å². The molecule has 3 aromatic rings. The maximum absolute atomic E-state index is 12.6. The number of nitrogens with one attached hydrogen (secondary N) is 2. The molecule has 30 heavy (non-hydrogen) atoms. The van der Waals surface area contributed by atoms with E-state index in [1.165, 1.54) is 30.5 Å². The average molecular weight is 445 g/mol. The molecular weight excluding hydrogens is 428 g/mol. The summed E-state index contributed by atoms with van der Waals surface area (Å²) in [5.74, 6) is 0. The second kappa shape index (κ2) is 8.93. The standard InChI is InChI=1S/C20H17ClN4O4S/c1-14-4-2-5-15(10-14)13-22-23-19-9-8-18(12-20(19)25(26)27)30(28,29)24-17-7-3-6-16(21)11-17/h2-13,23-24H,1H3/b22-13-. The summed E-state index contributed by atoms with van der Waals surface area (Å²) in [6.45, 7) is 1.94. The first kappa shape index (κ1) is 21.3. The molecule has 0 aliphatic rings. The number of hydrogen-bond acceptors (Lipinski definition) is 6. The van der Waals surface area contributed by atoms with Gasteiger partial charge in [-0.2, -0.15) is 5.10 Å². The lowest BCUT2D eigenvalue weighted by Crippen LogP contribution is -2.13. The number of hydrogen-bond donors (Lipinski definition) is 2. The summed E-state index contributed by atoms with van der Waals surface area (Å²) in [7, 11) is -4.05. The molecule has 0 fully saturated rings. The minimum Gasteiger partial charge on any atom is -0.280 e. The number of nitrogens with zero attached hydrogens (tertiary/aromatic N) is 2. The van der Waals surface area contributed by atoms with Gasteiger partial charge in [0.25, 0.3) is 15.7 Å². The third kappa shape index (κ3) is 5.34. The van der Waals surface area contributed by atoms with E-state index < -0.39 is 20.6 Å². The number of halogens is 1. The molecule has 0 amide bonds. The molecule has 0 heterocycles. The highest BCUT2D eigenvalue weighted by Gasteiger charge is 2.21. The summed E-state index contributed by atoms with van der Waals surface area (Å²) in [6, 6.07) is 17.2. The van der Waals surface area contributed by atoms with Crippen LogP contribution in [0.5, 0.6) is 0 Å². The van der Waals surface area contributed by atoms with Crippen LogP contribution in [0.25, 0.3) is 0 Å². The van der Waals surface area contributed by atoms with Crippen LogP contribution in [0, 0.1) is 17.0 Å². The summed E-state index contributed by atoms with van der Waals surface area (Å²) in [6.07, 6.45) is 1.52. The van der Waals surface area contributed by atoms with Crippen LogP contribution in [0.3, 0.4) is 0 Å². The van der Waals surface area contributed by atoms with E-state index in [2.05, 4.69) is 15.2 Å². The molecule has 0 saturated carbocycles. The first-order chi connectivity index (χ1) is 14.2. The Balaban J connectivity index is 1.85. The SMILES string of the molecule is Cc1cccc(/C=N\Nc2ccc(S(=O)(=O)Nc3cccc(Cl)c3)cc2[N+](=O)[O-])c1. The molecule has 0 saturated heterocycles. The molecule has 0 bridgehead atoms. The Bertz CT molecular complexity index is 1230. The van der Waals surface area contributed by atoms with E-state index in [1.807, 2.05) is 31.2 Å². The van der Waals surface area contributed by atoms with Crippen molar-refractivity contribution in [2.24, 2.45) is 5.10 Å². The van der Waals surface area contributed by atoms with Crippen molar-refractivity contribution in [1.29, 1.82) is 0 Å². The van der Waals surface area contributed by atoms with Crippen LogP contribution in [-0.2, 0) is 10.0 Å². The molecule has 0 aliphatic heterocycles. The Morgan fingerprint density at radius 2 is 1.83 bits per heavy atom. The zero-order valence-corrected chi connectivity index (χ0v) is 17.3. The predicted octanol–water partition coefficient (Wildman–Crippen LogP) is 4.80. The Morgan fingerprint density at radius 1 is 1.07 bits per heavy atom. The van der Waals surface area contributed by atoms with Gasteiger partial charge >= 0.3 is 0 Å². The van der Waals surface area contributed by atoms with Crippen molar-refractivity contribution >= 4 is 44.9 Å². The molecule has 154 valence electrons. The number of hydrazone groups is 1. The zero-order valence-electron chi connectivity index (χ0n) is 15.7. The van der Waals surface area contributed by atoms with Crippen molar-refractivity contribution < 1.29 is 13.3 Å². The Morgan fingerprint density at radius 3 is 2.53 bits per heavy atom. The zero-order chi connectivity index (χ0) is 21.7. The Hall–Kier alpha value is -3.43. The fourth-order valence-corrected chi connectivity index (χ4v) is 3.88. The van der Waals surface area contributed by atoms with Crippen LogP contribution in [0.15, 0.2) is 76.7 Å². The highest BCUT2D eigenvalue weighted by Crippen LogP contribution is 2.29. The van der Waals surface area contributed by atoms with E-state index in [0.29, 0.717) is 5.02 Å². The lowest BCUT2D eigenvalue weighted by molar-refractivity contribution is -0.384. The summed E-state index contributed by atoms with van der Waals surface area (Å²) >= 11 is 5.86. The molecule has 10 heteroatoms. The van der Waals surface area contributed by atoms with Crippen LogP contribution in [0.1, 0.15) is 11.1 Å². The van der Waals surface area contributed by atoms with E-state index in [1.54, 1.807) is 12.1 Å². The number of benzene rings is 3. The van der Waals surface area contributed by atoms with E-state index >= 15 is 0 Å². The molecule has 0 aliphatic carbocycles. The smallest absolute Gasteiger partial charge is 0.280 e. The van der Waals surface area contributed by atoms with Crippen molar-refractivity contribution in [1.82, 2.24) is 0 Å². The topological polar surface area (TPSA) is 114 Å². The molecule has 0 aromatic heterocycles. The van der Waals surface area contributed by atoms with Crippen molar-refractivity contribution in [2.45, 2.75) is 11.8 Å². The van der Waals surface area contributed by atoms with Gasteiger partial charge < -0.3 is 0 Å². The number of rotatable bonds is 7. The van der Waals surface area contributed by atoms with E-state index in [9.17, 15) is 18.5 Å². The van der Waals surface area contributed by atoms with Crippen LogP contribution in [-0.4, -0.2) is 19.6 Å². The predicted molar refractivity (Wildman–Crippen MR) is 118 cm³/mol. The molecule has 0 spiro atoms. The minimum atomic E-state index is -4.05. The lowest BCUT2D eigenvalue weighted by atomic mass is 10.2. The highest BCUT2D eigenvalue weighted by atomic mass is 35.5. The third-order valence-corrected chi connectivity index (χ3v) is 5.61. The van der Waals surface area contributed by atoms with Crippen molar-refractivity contribution in [3.8, 4) is 0 Å². The monoisotopic (exact) mass is 444 g/mol. The summed E-state index contributed by atoms with van der Waals surface area (Å²) in [5, 5.41) is 15.8. The number of nitro groups is 1. The fourth-order valence-electron chi connectivity index (χ4n) is 2.62. The maximum Gasteiger partial charge on any atom is 0.295 e. The minimum absolute atomic E-state index is 0.0607. The van der Waals surface area contributed by atoms with Crippen molar-refractivity contribution in [3.05, 3.63) is 93.0 Å². The maximum atomic E-state index is 12.6. The molecule has 2 N–H and O–H groups in total.